The zero-order valence-corrected chi connectivity index (χ0v) is 23.5. The first-order valence-corrected chi connectivity index (χ1v) is 14.1. The number of anilines is 2. The lowest BCUT2D eigenvalue weighted by Crippen LogP contribution is -2.35. The molecule has 1 aromatic carbocycles. The number of carbonyl (C=O) groups excluding carboxylic acids is 2. The second kappa shape index (κ2) is 11.3. The predicted octanol–water partition coefficient (Wildman–Crippen LogP) is 3.74. The van der Waals surface area contributed by atoms with E-state index in [0.29, 0.717) is 29.4 Å². The summed E-state index contributed by atoms with van der Waals surface area (Å²) in [6, 6.07) is 11.0. The summed E-state index contributed by atoms with van der Waals surface area (Å²) in [6.45, 7) is 7.85. The summed E-state index contributed by atoms with van der Waals surface area (Å²) in [5.74, 6) is 0.688. The van der Waals surface area contributed by atoms with Gasteiger partial charge in [-0.15, -0.1) is 0 Å². The highest BCUT2D eigenvalue weighted by Crippen LogP contribution is 2.34. The lowest BCUT2D eigenvalue weighted by atomic mass is 9.95. The molecule has 1 aliphatic rings. The van der Waals surface area contributed by atoms with Crippen molar-refractivity contribution in [2.45, 2.75) is 50.7 Å². The predicted molar refractivity (Wildman–Crippen MR) is 149 cm³/mol. The molecule has 1 aliphatic heterocycles. The number of nitrogens with one attached hydrogen (secondary N) is 2. The summed E-state index contributed by atoms with van der Waals surface area (Å²) >= 11 is 0. The largest absolute Gasteiger partial charge is 0.351 e. The van der Waals surface area contributed by atoms with Gasteiger partial charge in [0.25, 0.3) is 5.91 Å². The second-order valence-electron chi connectivity index (χ2n) is 10.0. The summed E-state index contributed by atoms with van der Waals surface area (Å²) in [5.41, 5.74) is 4.00. The molecule has 0 aliphatic carbocycles. The molecule has 4 rings (SSSR count). The molecule has 38 heavy (non-hydrogen) atoms. The Balaban J connectivity index is 1.52. The van der Waals surface area contributed by atoms with E-state index in [2.05, 4.69) is 41.3 Å². The Labute approximate surface area is 225 Å². The summed E-state index contributed by atoms with van der Waals surface area (Å²) in [7, 11) is 2.27. The van der Waals surface area contributed by atoms with Gasteiger partial charge in [0.2, 0.25) is 0 Å². The first kappa shape index (κ1) is 27.3. The van der Waals surface area contributed by atoms with Gasteiger partial charge in [-0.1, -0.05) is 19.1 Å². The molecule has 2 N–H and O–H groups in total. The van der Waals surface area contributed by atoms with Crippen LogP contribution in [0.5, 0.6) is 0 Å². The molecule has 0 fully saturated rings. The van der Waals surface area contributed by atoms with Crippen LogP contribution in [0.15, 0.2) is 47.5 Å². The average molecular weight is 538 g/mol. The molecule has 2 atom stereocenters. The molecular weight excluding hydrogens is 502 g/mol. The van der Waals surface area contributed by atoms with Gasteiger partial charge in [0.1, 0.15) is 5.82 Å². The number of amides is 3. The number of nitrogens with zero attached hydrogens (tertiary/aromatic N) is 5. The Morgan fingerprint density at radius 3 is 2.45 bits per heavy atom. The third-order valence-corrected chi connectivity index (χ3v) is 7.41. The average Bonchev–Trinajstić information content (AvgIpc) is 3.29. The molecule has 0 spiro atoms. The van der Waals surface area contributed by atoms with Crippen molar-refractivity contribution in [3.8, 4) is 0 Å². The van der Waals surface area contributed by atoms with Crippen LogP contribution >= 0.6 is 0 Å². The second-order valence-corrected chi connectivity index (χ2v) is 11.4. The van der Waals surface area contributed by atoms with Crippen LogP contribution in [-0.2, 0) is 23.9 Å². The van der Waals surface area contributed by atoms with Crippen LogP contribution in [0.2, 0.25) is 0 Å². The van der Waals surface area contributed by atoms with E-state index in [9.17, 15) is 13.8 Å². The minimum Gasteiger partial charge on any atom is -0.351 e. The van der Waals surface area contributed by atoms with Crippen LogP contribution in [0.25, 0.3) is 0 Å². The molecule has 10 nitrogen and oxygen atoms in total. The standard InChI is InChI=1S/C27H35N7O3S/c1-17(2)34-25-18(3)15-33(23-12-11-21(14-28-23)38(6)37)16-22(25)24(31-34)26(35)29-13-19-7-9-20(10-8-19)30-27(36)32(4)5/h7-12,14,17-18H,13,15-16H2,1-6H3,(H,29,35)(H,30,36)/t18-,38?/m0/s1. The van der Waals surface area contributed by atoms with E-state index in [1.54, 1.807) is 26.5 Å². The van der Waals surface area contributed by atoms with Gasteiger partial charge >= 0.3 is 6.03 Å². The van der Waals surface area contributed by atoms with Gasteiger partial charge in [-0.3, -0.25) is 13.7 Å². The number of rotatable bonds is 7. The van der Waals surface area contributed by atoms with Crippen molar-refractivity contribution in [1.29, 1.82) is 0 Å². The number of hydrogen-bond donors (Lipinski definition) is 2. The summed E-state index contributed by atoms with van der Waals surface area (Å²) < 4.78 is 13.7. The van der Waals surface area contributed by atoms with E-state index in [1.165, 1.54) is 4.90 Å². The highest BCUT2D eigenvalue weighted by atomic mass is 32.2. The normalized spacial score (nSPS) is 15.7. The van der Waals surface area contributed by atoms with Crippen molar-refractivity contribution in [2.24, 2.45) is 0 Å². The van der Waals surface area contributed by atoms with Gasteiger partial charge in [-0.2, -0.15) is 5.10 Å². The molecule has 11 heteroatoms. The molecule has 0 saturated carbocycles. The van der Waals surface area contributed by atoms with Crippen molar-refractivity contribution >= 4 is 34.2 Å². The third kappa shape index (κ3) is 5.88. The first-order valence-electron chi connectivity index (χ1n) is 12.6. The van der Waals surface area contributed by atoms with E-state index in [0.717, 1.165) is 29.2 Å². The Bertz CT molecular complexity index is 1330. The van der Waals surface area contributed by atoms with Crippen LogP contribution < -0.4 is 15.5 Å². The van der Waals surface area contributed by atoms with Gasteiger partial charge in [-0.25, -0.2) is 9.78 Å². The Morgan fingerprint density at radius 2 is 1.87 bits per heavy atom. The summed E-state index contributed by atoms with van der Waals surface area (Å²) in [4.78, 5) is 34.0. The molecule has 2 aromatic heterocycles. The fourth-order valence-corrected chi connectivity index (χ4v) is 4.98. The number of urea groups is 1. The fourth-order valence-electron chi connectivity index (χ4n) is 4.52. The molecule has 3 aromatic rings. The molecule has 3 heterocycles. The molecule has 1 unspecified atom stereocenters. The molecule has 3 amide bonds. The van der Waals surface area contributed by atoms with Crippen molar-refractivity contribution in [3.63, 3.8) is 0 Å². The van der Waals surface area contributed by atoms with Gasteiger partial charge in [0.15, 0.2) is 5.69 Å². The van der Waals surface area contributed by atoms with Crippen molar-refractivity contribution < 1.29 is 13.8 Å². The lowest BCUT2D eigenvalue weighted by molar-refractivity contribution is 0.0944. The third-order valence-electron chi connectivity index (χ3n) is 6.50. The zero-order chi connectivity index (χ0) is 27.6. The Kier molecular flexibility index (Phi) is 8.15. The monoisotopic (exact) mass is 537 g/mol. The van der Waals surface area contributed by atoms with Crippen LogP contribution in [0, 0.1) is 0 Å². The number of fused-ring (bicyclic) bond motifs is 1. The van der Waals surface area contributed by atoms with E-state index in [1.807, 2.05) is 41.1 Å². The van der Waals surface area contributed by atoms with Crippen molar-refractivity contribution in [1.82, 2.24) is 25.0 Å². The van der Waals surface area contributed by atoms with Gasteiger partial charge in [0.05, 0.1) is 15.7 Å². The smallest absolute Gasteiger partial charge is 0.321 e. The molecular formula is C27H35N7O3S. The molecule has 0 radical (unpaired) electrons. The van der Waals surface area contributed by atoms with Crippen LogP contribution in [0.3, 0.4) is 0 Å². The molecule has 202 valence electrons. The quantitative estimate of drug-likeness (QED) is 0.475. The lowest BCUT2D eigenvalue weighted by Gasteiger charge is -2.33. The van der Waals surface area contributed by atoms with Gasteiger partial charge in [0, 0.05) is 75.1 Å². The maximum absolute atomic E-state index is 13.4. The SMILES string of the molecule is CC(C)n1nc(C(=O)NCc2ccc(NC(=O)N(C)C)cc2)c2c1[C@@H](C)CN(c1ccc(S(C)=O)cn1)C2. The zero-order valence-electron chi connectivity index (χ0n) is 22.7. The van der Waals surface area contributed by atoms with E-state index < -0.39 is 10.8 Å². The number of hydrogen-bond acceptors (Lipinski definition) is 6. The minimum absolute atomic E-state index is 0.112. The molecule has 0 bridgehead atoms. The van der Waals surface area contributed by atoms with Gasteiger partial charge in [-0.05, 0) is 43.7 Å². The summed E-state index contributed by atoms with van der Waals surface area (Å²) in [6.07, 6.45) is 3.28. The Morgan fingerprint density at radius 1 is 1.16 bits per heavy atom. The van der Waals surface area contributed by atoms with E-state index in [4.69, 9.17) is 5.10 Å². The van der Waals surface area contributed by atoms with Crippen molar-refractivity contribution in [3.05, 3.63) is 65.1 Å². The number of aromatic nitrogens is 3. The number of pyridine rings is 1. The highest BCUT2D eigenvalue weighted by molar-refractivity contribution is 7.84. The number of benzene rings is 1. The fraction of sp³-hybridized carbons (Fsp3) is 0.407. The van der Waals surface area contributed by atoms with Crippen molar-refractivity contribution in [2.75, 3.05) is 37.1 Å². The maximum atomic E-state index is 13.4. The minimum atomic E-state index is -1.09. The van der Waals surface area contributed by atoms with Crippen LogP contribution in [-0.4, -0.2) is 62.7 Å². The van der Waals surface area contributed by atoms with E-state index in [-0.39, 0.29) is 23.9 Å². The number of carbonyl (C=O) groups is 2. The summed E-state index contributed by atoms with van der Waals surface area (Å²) in [5, 5.41) is 10.6. The highest BCUT2D eigenvalue weighted by Gasteiger charge is 2.33. The molecule has 0 saturated heterocycles. The maximum Gasteiger partial charge on any atom is 0.321 e. The van der Waals surface area contributed by atoms with E-state index >= 15 is 0 Å². The van der Waals surface area contributed by atoms with Crippen LogP contribution in [0.1, 0.15) is 60.0 Å². The van der Waals surface area contributed by atoms with Crippen LogP contribution in [0.4, 0.5) is 16.3 Å². The Hall–Kier alpha value is -3.73. The van der Waals surface area contributed by atoms with Gasteiger partial charge < -0.3 is 20.4 Å². The first-order chi connectivity index (χ1) is 18.0. The topological polar surface area (TPSA) is 112 Å².